The number of carbonyl (C=O) groups excluding carboxylic acids is 1. The molecular formula is C17H18FO7S-. The number of carbonyl (C=O) groups is 1. The number of halogens is 1. The van der Waals surface area contributed by atoms with Crippen molar-refractivity contribution in [2.24, 2.45) is 0 Å². The van der Waals surface area contributed by atoms with Gasteiger partial charge in [0.1, 0.15) is 12.7 Å². The Kier molecular flexibility index (Phi) is 5.05. The normalized spacial score (nSPS) is 27.3. The Hall–Kier alpha value is -1.97. The van der Waals surface area contributed by atoms with Crippen LogP contribution in [-0.4, -0.2) is 49.1 Å². The van der Waals surface area contributed by atoms with Crippen molar-refractivity contribution in [2.75, 3.05) is 12.4 Å². The second-order valence-corrected chi connectivity index (χ2v) is 7.86. The zero-order chi connectivity index (χ0) is 18.9. The predicted molar refractivity (Wildman–Crippen MR) is 87.3 cm³/mol. The van der Waals surface area contributed by atoms with E-state index in [1.54, 1.807) is 6.08 Å². The van der Waals surface area contributed by atoms with Crippen LogP contribution in [0.2, 0.25) is 0 Å². The van der Waals surface area contributed by atoms with E-state index in [2.05, 4.69) is 6.58 Å². The molecule has 1 aromatic rings. The molecule has 0 radical (unpaired) electrons. The first-order valence-electron chi connectivity index (χ1n) is 8.11. The number of rotatable bonds is 7. The van der Waals surface area contributed by atoms with Crippen molar-refractivity contribution in [1.82, 2.24) is 0 Å². The lowest BCUT2D eigenvalue weighted by Gasteiger charge is -2.33. The fourth-order valence-corrected chi connectivity index (χ4v) is 3.59. The standard InChI is InChI=1S/C17H19FO7S/c1-2-17(10-12-4-6-15(17)24-12)25-14-9-11(3-5-13(14)18)16(19)23-7-8-26(20,21)22/h2-3,5,9,12,15H,1,4,6-8,10H2,(H,20,21,22)/p-1. The number of hydrogen-bond acceptors (Lipinski definition) is 7. The summed E-state index contributed by atoms with van der Waals surface area (Å²) in [7, 11) is -4.49. The van der Waals surface area contributed by atoms with Crippen LogP contribution < -0.4 is 4.74 Å². The summed E-state index contributed by atoms with van der Waals surface area (Å²) in [5, 5.41) is 0. The monoisotopic (exact) mass is 385 g/mol. The predicted octanol–water partition coefficient (Wildman–Crippen LogP) is 1.78. The number of fused-ring (bicyclic) bond motifs is 2. The van der Waals surface area contributed by atoms with E-state index in [1.165, 1.54) is 12.1 Å². The Labute approximate surface area is 150 Å². The van der Waals surface area contributed by atoms with Gasteiger partial charge in [-0.15, -0.1) is 0 Å². The minimum Gasteiger partial charge on any atom is -0.748 e. The number of esters is 1. The molecule has 2 bridgehead atoms. The summed E-state index contributed by atoms with van der Waals surface area (Å²) in [6.45, 7) is 3.20. The minimum atomic E-state index is -4.49. The van der Waals surface area contributed by atoms with Gasteiger partial charge in [-0.25, -0.2) is 17.6 Å². The molecule has 0 saturated carbocycles. The zero-order valence-corrected chi connectivity index (χ0v) is 14.7. The minimum absolute atomic E-state index is 0.0204. The van der Waals surface area contributed by atoms with Gasteiger partial charge in [-0.1, -0.05) is 6.58 Å². The first-order valence-corrected chi connectivity index (χ1v) is 9.68. The van der Waals surface area contributed by atoms with Crippen LogP contribution in [0.1, 0.15) is 29.6 Å². The lowest BCUT2D eigenvalue weighted by molar-refractivity contribution is 0.0215. The van der Waals surface area contributed by atoms with Gasteiger partial charge in [-0.3, -0.25) is 0 Å². The Morgan fingerprint density at radius 3 is 2.81 bits per heavy atom. The van der Waals surface area contributed by atoms with Gasteiger partial charge in [-0.2, -0.15) is 0 Å². The Morgan fingerprint density at radius 1 is 1.46 bits per heavy atom. The van der Waals surface area contributed by atoms with Gasteiger partial charge in [0.15, 0.2) is 17.2 Å². The molecule has 2 aliphatic rings. The number of hydrogen-bond donors (Lipinski definition) is 0. The maximum Gasteiger partial charge on any atom is 0.338 e. The number of benzene rings is 1. The number of ether oxygens (including phenoxy) is 3. The van der Waals surface area contributed by atoms with Gasteiger partial charge in [-0.05, 0) is 37.1 Å². The van der Waals surface area contributed by atoms with Crippen LogP contribution in [0.25, 0.3) is 0 Å². The van der Waals surface area contributed by atoms with Crippen LogP contribution in [0.15, 0.2) is 30.9 Å². The first-order chi connectivity index (χ1) is 12.2. The van der Waals surface area contributed by atoms with Crippen molar-refractivity contribution in [3.8, 4) is 5.75 Å². The Morgan fingerprint density at radius 2 is 2.23 bits per heavy atom. The second-order valence-electron chi connectivity index (χ2n) is 6.33. The molecule has 2 aliphatic heterocycles. The summed E-state index contributed by atoms with van der Waals surface area (Å²) in [6, 6.07) is 3.43. The van der Waals surface area contributed by atoms with Gasteiger partial charge in [0, 0.05) is 6.42 Å². The van der Waals surface area contributed by atoms with Gasteiger partial charge in [0.25, 0.3) is 0 Å². The summed E-state index contributed by atoms with van der Waals surface area (Å²) in [5.74, 6) is -2.52. The van der Waals surface area contributed by atoms with E-state index in [9.17, 15) is 22.2 Å². The molecule has 0 N–H and O–H groups in total. The lowest BCUT2D eigenvalue weighted by Crippen LogP contribution is -2.43. The molecule has 0 aromatic heterocycles. The molecule has 2 saturated heterocycles. The zero-order valence-electron chi connectivity index (χ0n) is 13.9. The molecule has 7 nitrogen and oxygen atoms in total. The highest BCUT2D eigenvalue weighted by molar-refractivity contribution is 7.85. The Balaban J connectivity index is 1.73. The third-order valence-electron chi connectivity index (χ3n) is 4.58. The van der Waals surface area contributed by atoms with Crippen molar-refractivity contribution in [3.05, 3.63) is 42.2 Å². The molecule has 9 heteroatoms. The molecule has 2 heterocycles. The molecular weight excluding hydrogens is 367 g/mol. The SMILES string of the molecule is C=CC1(Oc2cc(C(=O)OCCS(=O)(=O)[O-])ccc2F)CC2CCC1O2. The second kappa shape index (κ2) is 6.98. The van der Waals surface area contributed by atoms with E-state index >= 15 is 0 Å². The van der Waals surface area contributed by atoms with Crippen molar-refractivity contribution in [1.29, 1.82) is 0 Å². The summed E-state index contributed by atoms with van der Waals surface area (Å²) < 4.78 is 62.1. The highest BCUT2D eigenvalue weighted by atomic mass is 32.2. The van der Waals surface area contributed by atoms with Crippen molar-refractivity contribution >= 4 is 16.1 Å². The maximum absolute atomic E-state index is 14.2. The van der Waals surface area contributed by atoms with E-state index in [0.29, 0.717) is 6.42 Å². The average molecular weight is 385 g/mol. The highest BCUT2D eigenvalue weighted by Gasteiger charge is 2.53. The largest absolute Gasteiger partial charge is 0.748 e. The third kappa shape index (κ3) is 3.89. The molecule has 142 valence electrons. The smallest absolute Gasteiger partial charge is 0.338 e. The van der Waals surface area contributed by atoms with Gasteiger partial charge >= 0.3 is 5.97 Å². The summed E-state index contributed by atoms with van der Waals surface area (Å²) in [6.07, 6.45) is 3.67. The molecule has 3 unspecified atom stereocenters. The fraction of sp³-hybridized carbons (Fsp3) is 0.471. The fourth-order valence-electron chi connectivity index (χ4n) is 3.30. The molecule has 2 fully saturated rings. The van der Waals surface area contributed by atoms with Crippen LogP contribution >= 0.6 is 0 Å². The lowest BCUT2D eigenvalue weighted by atomic mass is 9.84. The topological polar surface area (TPSA) is 102 Å². The van der Waals surface area contributed by atoms with Crippen LogP contribution in [0.3, 0.4) is 0 Å². The molecule has 3 rings (SSSR count). The molecule has 1 aromatic carbocycles. The van der Waals surface area contributed by atoms with Crippen molar-refractivity contribution < 1.29 is 36.4 Å². The molecule has 0 spiro atoms. The van der Waals surface area contributed by atoms with Gasteiger partial charge in [0.2, 0.25) is 0 Å². The summed E-state index contributed by atoms with van der Waals surface area (Å²) in [5.41, 5.74) is -0.879. The van der Waals surface area contributed by atoms with Gasteiger partial charge in [0.05, 0.1) is 27.5 Å². The molecule has 0 amide bonds. The van der Waals surface area contributed by atoms with Crippen LogP contribution in [0.4, 0.5) is 4.39 Å². The first kappa shape index (κ1) is 18.8. The van der Waals surface area contributed by atoms with Crippen LogP contribution in [0.5, 0.6) is 5.75 Å². The van der Waals surface area contributed by atoms with Gasteiger partial charge < -0.3 is 18.8 Å². The molecule has 3 atom stereocenters. The summed E-state index contributed by atoms with van der Waals surface area (Å²) in [4.78, 5) is 12.0. The quantitative estimate of drug-likeness (QED) is 0.400. The average Bonchev–Trinajstić information content (AvgIpc) is 3.17. The van der Waals surface area contributed by atoms with E-state index in [-0.39, 0.29) is 23.5 Å². The highest BCUT2D eigenvalue weighted by Crippen LogP contribution is 2.45. The summed E-state index contributed by atoms with van der Waals surface area (Å²) >= 11 is 0. The van der Waals surface area contributed by atoms with E-state index in [0.717, 1.165) is 18.9 Å². The third-order valence-corrected chi connectivity index (χ3v) is 5.24. The van der Waals surface area contributed by atoms with E-state index < -0.39 is 39.9 Å². The van der Waals surface area contributed by atoms with Crippen LogP contribution in [-0.2, 0) is 19.6 Å². The van der Waals surface area contributed by atoms with Crippen molar-refractivity contribution in [2.45, 2.75) is 37.1 Å². The molecule has 26 heavy (non-hydrogen) atoms. The van der Waals surface area contributed by atoms with E-state index in [1.807, 2.05) is 0 Å². The van der Waals surface area contributed by atoms with Crippen molar-refractivity contribution in [3.63, 3.8) is 0 Å². The Bertz CT molecular complexity index is 822. The van der Waals surface area contributed by atoms with Crippen LogP contribution in [0, 0.1) is 5.82 Å². The van der Waals surface area contributed by atoms with E-state index in [4.69, 9.17) is 14.2 Å². The molecule has 0 aliphatic carbocycles. The maximum atomic E-state index is 14.2.